The van der Waals surface area contributed by atoms with Gasteiger partial charge in [0.1, 0.15) is 0 Å². The van der Waals surface area contributed by atoms with Gasteiger partial charge in [0.15, 0.2) is 0 Å². The molecular formula is C10H2BrF13S. The highest BCUT2D eigenvalue weighted by Crippen LogP contribution is 2.62. The molecule has 0 radical (unpaired) electrons. The fraction of sp³-hybridized carbons (Fsp3) is 0.600. The van der Waals surface area contributed by atoms with E-state index in [2.05, 4.69) is 15.9 Å². The van der Waals surface area contributed by atoms with Gasteiger partial charge in [0.2, 0.25) is 0 Å². The Kier molecular flexibility index (Phi) is 5.26. The van der Waals surface area contributed by atoms with E-state index in [1.54, 1.807) is 0 Å². The molecule has 0 aliphatic carbocycles. The van der Waals surface area contributed by atoms with E-state index in [1.807, 2.05) is 0 Å². The first-order valence-electron chi connectivity index (χ1n) is 5.46. The zero-order valence-electron chi connectivity index (χ0n) is 10.9. The molecule has 1 rings (SSSR count). The minimum absolute atomic E-state index is 0.342. The van der Waals surface area contributed by atoms with Crippen LogP contribution in [-0.4, -0.2) is 29.9 Å². The van der Waals surface area contributed by atoms with Gasteiger partial charge in [0, 0.05) is 4.47 Å². The Morgan fingerprint density at radius 1 is 0.640 bits per heavy atom. The standard InChI is InChI=1S/C10H2BrF13S/c11-3-1-2-25-4(3)5(12,13)6(14,15)7(16,17)8(18,19)9(20,21)10(22,23)24/h1-2H. The van der Waals surface area contributed by atoms with E-state index in [1.165, 1.54) is 0 Å². The predicted molar refractivity (Wildman–Crippen MR) is 61.8 cm³/mol. The van der Waals surface area contributed by atoms with Gasteiger partial charge < -0.3 is 0 Å². The van der Waals surface area contributed by atoms with Crippen molar-refractivity contribution in [2.75, 3.05) is 0 Å². The zero-order chi connectivity index (χ0) is 20.3. The van der Waals surface area contributed by atoms with Crippen LogP contribution in [0.1, 0.15) is 4.88 Å². The zero-order valence-corrected chi connectivity index (χ0v) is 13.3. The van der Waals surface area contributed by atoms with Crippen LogP contribution in [0.2, 0.25) is 0 Å². The first-order valence-corrected chi connectivity index (χ1v) is 7.13. The summed E-state index contributed by atoms with van der Waals surface area (Å²) >= 11 is 1.88. The van der Waals surface area contributed by atoms with Crippen LogP contribution in [0.25, 0.3) is 0 Å². The second-order valence-electron chi connectivity index (χ2n) is 4.47. The molecule has 0 bridgehead atoms. The molecule has 25 heavy (non-hydrogen) atoms. The minimum Gasteiger partial charge on any atom is -0.193 e. The van der Waals surface area contributed by atoms with E-state index in [0.717, 1.165) is 0 Å². The number of thiophene rings is 1. The Balaban J connectivity index is 3.57. The van der Waals surface area contributed by atoms with E-state index in [-0.39, 0.29) is 11.3 Å². The maximum absolute atomic E-state index is 13.6. The molecule has 0 amide bonds. The molecule has 0 saturated carbocycles. The molecule has 0 aliphatic rings. The van der Waals surface area contributed by atoms with Crippen molar-refractivity contribution < 1.29 is 57.1 Å². The van der Waals surface area contributed by atoms with Crippen molar-refractivity contribution in [2.24, 2.45) is 0 Å². The van der Waals surface area contributed by atoms with Crippen LogP contribution < -0.4 is 0 Å². The van der Waals surface area contributed by atoms with Crippen molar-refractivity contribution in [3.63, 3.8) is 0 Å². The summed E-state index contributed by atoms with van der Waals surface area (Å²) in [5.41, 5.74) is 0. The second kappa shape index (κ2) is 5.89. The number of hydrogen-bond donors (Lipinski definition) is 0. The molecule has 0 aliphatic heterocycles. The lowest BCUT2D eigenvalue weighted by molar-refractivity contribution is -0.441. The van der Waals surface area contributed by atoms with Gasteiger partial charge >= 0.3 is 35.8 Å². The van der Waals surface area contributed by atoms with Gasteiger partial charge in [-0.3, -0.25) is 0 Å². The van der Waals surface area contributed by atoms with Gasteiger partial charge in [0.05, 0.1) is 4.88 Å². The summed E-state index contributed by atoms with van der Waals surface area (Å²) in [6.45, 7) is 0. The lowest BCUT2D eigenvalue weighted by Gasteiger charge is -2.39. The Bertz CT molecular complexity index is 629. The van der Waals surface area contributed by atoms with Gasteiger partial charge in [-0.15, -0.1) is 11.3 Å². The van der Waals surface area contributed by atoms with Crippen molar-refractivity contribution in [2.45, 2.75) is 35.8 Å². The smallest absolute Gasteiger partial charge is 0.193 e. The maximum atomic E-state index is 13.6. The van der Waals surface area contributed by atoms with Crippen molar-refractivity contribution in [1.29, 1.82) is 0 Å². The minimum atomic E-state index is -7.88. The third kappa shape index (κ3) is 2.90. The normalized spacial score (nSPS) is 15.6. The molecule has 1 aromatic rings. The molecule has 0 spiro atoms. The first-order chi connectivity index (χ1) is 10.8. The highest BCUT2D eigenvalue weighted by atomic mass is 79.9. The summed E-state index contributed by atoms with van der Waals surface area (Å²) in [7, 11) is 0. The van der Waals surface area contributed by atoms with E-state index in [4.69, 9.17) is 0 Å². The molecule has 0 atom stereocenters. The van der Waals surface area contributed by atoms with Gasteiger partial charge in [0.25, 0.3) is 0 Å². The molecule has 1 heterocycles. The van der Waals surface area contributed by atoms with Crippen LogP contribution in [0.4, 0.5) is 57.1 Å². The Labute approximate surface area is 141 Å². The van der Waals surface area contributed by atoms with Crippen molar-refractivity contribution in [3.8, 4) is 0 Å². The molecule has 0 fully saturated rings. The molecule has 146 valence electrons. The highest BCUT2D eigenvalue weighted by Gasteiger charge is 2.91. The van der Waals surface area contributed by atoms with Crippen molar-refractivity contribution in [1.82, 2.24) is 0 Å². The maximum Gasteiger partial charge on any atom is 0.460 e. The summed E-state index contributed by atoms with van der Waals surface area (Å²) in [5, 5.41) is 0.629. The van der Waals surface area contributed by atoms with Crippen LogP contribution in [0.3, 0.4) is 0 Å². The summed E-state index contributed by atoms with van der Waals surface area (Å²) in [6, 6.07) is 0.616. The summed E-state index contributed by atoms with van der Waals surface area (Å²) in [6.07, 6.45) is -7.41. The van der Waals surface area contributed by atoms with Gasteiger partial charge in [-0.25, -0.2) is 0 Å². The fourth-order valence-electron chi connectivity index (χ4n) is 1.43. The monoisotopic (exact) mass is 480 g/mol. The third-order valence-electron chi connectivity index (χ3n) is 2.84. The van der Waals surface area contributed by atoms with Gasteiger partial charge in [-0.05, 0) is 27.4 Å². The predicted octanol–water partition coefficient (Wildman–Crippen LogP) is 6.71. The fourth-order valence-corrected chi connectivity index (χ4v) is 3.06. The topological polar surface area (TPSA) is 0 Å². The van der Waals surface area contributed by atoms with E-state index in [9.17, 15) is 57.1 Å². The van der Waals surface area contributed by atoms with Gasteiger partial charge in [-0.1, -0.05) is 0 Å². The second-order valence-corrected chi connectivity index (χ2v) is 6.24. The highest BCUT2D eigenvalue weighted by molar-refractivity contribution is 9.10. The molecule has 0 N–H and O–H groups in total. The molecule has 1 aromatic heterocycles. The summed E-state index contributed by atoms with van der Waals surface area (Å²) in [5.74, 6) is -36.9. The number of hydrogen-bond acceptors (Lipinski definition) is 1. The van der Waals surface area contributed by atoms with Crippen molar-refractivity contribution >= 4 is 27.3 Å². The van der Waals surface area contributed by atoms with Crippen LogP contribution in [0.15, 0.2) is 15.9 Å². The number of rotatable bonds is 5. The summed E-state index contributed by atoms with van der Waals surface area (Å²) < 4.78 is 167. The van der Waals surface area contributed by atoms with E-state index >= 15 is 0 Å². The SMILES string of the molecule is FC(F)(F)C(F)(F)C(F)(F)C(F)(F)C(F)(F)C(F)(F)c1sccc1Br. The summed E-state index contributed by atoms with van der Waals surface area (Å²) in [4.78, 5) is -1.97. The quantitative estimate of drug-likeness (QED) is 0.411. The van der Waals surface area contributed by atoms with E-state index < -0.39 is 45.1 Å². The van der Waals surface area contributed by atoms with Crippen LogP contribution in [-0.2, 0) is 5.92 Å². The van der Waals surface area contributed by atoms with Crippen LogP contribution in [0.5, 0.6) is 0 Å². The Hall–Kier alpha value is -0.730. The molecule has 0 unspecified atom stereocenters. The molecule has 0 nitrogen and oxygen atoms in total. The van der Waals surface area contributed by atoms with Crippen LogP contribution in [0, 0.1) is 0 Å². The first kappa shape index (κ1) is 22.3. The lowest BCUT2D eigenvalue weighted by atomic mass is 9.93. The molecule has 15 heteroatoms. The largest absolute Gasteiger partial charge is 0.460 e. The molecule has 0 aromatic carbocycles. The Morgan fingerprint density at radius 3 is 1.36 bits per heavy atom. The third-order valence-corrected chi connectivity index (χ3v) is 4.74. The van der Waals surface area contributed by atoms with Crippen molar-refractivity contribution in [3.05, 3.63) is 20.8 Å². The number of alkyl halides is 13. The van der Waals surface area contributed by atoms with E-state index in [0.29, 0.717) is 11.4 Å². The van der Waals surface area contributed by atoms with Crippen LogP contribution >= 0.6 is 27.3 Å². The Morgan fingerprint density at radius 2 is 1.04 bits per heavy atom. The molecular weight excluding hydrogens is 479 g/mol. The number of halogens is 14. The average Bonchev–Trinajstić information content (AvgIpc) is 2.83. The lowest BCUT2D eigenvalue weighted by Crippen LogP contribution is -2.69. The van der Waals surface area contributed by atoms with Gasteiger partial charge in [-0.2, -0.15) is 57.1 Å². The average molecular weight is 481 g/mol. The molecule has 0 saturated heterocycles.